The minimum absolute atomic E-state index is 0.248. The third kappa shape index (κ3) is 2.67. The van der Waals surface area contributed by atoms with Gasteiger partial charge in [-0.25, -0.2) is 9.37 Å². The average Bonchev–Trinajstić information content (AvgIpc) is 2.42. The third-order valence-corrected chi connectivity index (χ3v) is 3.80. The normalized spacial score (nSPS) is 10.7. The molecule has 0 bridgehead atoms. The molecule has 0 saturated heterocycles. The largest absolute Gasteiger partial charge is 0.399 e. The van der Waals surface area contributed by atoms with Crippen LogP contribution in [0.4, 0.5) is 21.6 Å². The maximum absolute atomic E-state index is 13.1. The number of hydrogen-bond acceptors (Lipinski definition) is 3. The van der Waals surface area contributed by atoms with Crippen LogP contribution >= 0.6 is 22.6 Å². The molecule has 0 aliphatic heterocycles. The van der Waals surface area contributed by atoms with E-state index in [4.69, 9.17) is 5.73 Å². The molecule has 0 unspecified atom stereocenters. The lowest BCUT2D eigenvalue weighted by Crippen LogP contribution is -1.96. The molecule has 0 aliphatic carbocycles. The van der Waals surface area contributed by atoms with E-state index in [1.807, 2.05) is 30.3 Å². The number of halogens is 2. The minimum Gasteiger partial charge on any atom is -0.399 e. The van der Waals surface area contributed by atoms with Gasteiger partial charge in [0.1, 0.15) is 11.6 Å². The second kappa shape index (κ2) is 5.24. The molecule has 0 atom stereocenters. The molecule has 3 aromatic rings. The standard InChI is InChI=1S/C15H11FIN3/c16-10-2-4-14(12(17)8-10)20-15-6-1-9-7-11(18)3-5-13(9)19-15/h1-8H,18H2,(H,19,20). The molecule has 0 aliphatic rings. The summed E-state index contributed by atoms with van der Waals surface area (Å²) in [5.74, 6) is 0.466. The van der Waals surface area contributed by atoms with Gasteiger partial charge in [-0.05, 0) is 71.1 Å². The quantitative estimate of drug-likeness (QED) is 0.516. The highest BCUT2D eigenvalue weighted by atomic mass is 127. The lowest BCUT2D eigenvalue weighted by Gasteiger charge is -2.09. The summed E-state index contributed by atoms with van der Waals surface area (Å²) in [7, 11) is 0. The highest BCUT2D eigenvalue weighted by Crippen LogP contribution is 2.24. The van der Waals surface area contributed by atoms with Gasteiger partial charge in [0.05, 0.1) is 11.2 Å². The summed E-state index contributed by atoms with van der Waals surface area (Å²) in [6.45, 7) is 0. The number of nitrogen functional groups attached to an aromatic ring is 1. The number of nitrogens with zero attached hydrogens (tertiary/aromatic N) is 1. The molecular formula is C15H11FIN3. The Morgan fingerprint density at radius 2 is 1.90 bits per heavy atom. The lowest BCUT2D eigenvalue weighted by atomic mass is 10.2. The number of nitrogens with two attached hydrogens (primary N) is 1. The first-order valence-electron chi connectivity index (χ1n) is 6.00. The van der Waals surface area contributed by atoms with Crippen LogP contribution in [-0.4, -0.2) is 4.98 Å². The zero-order valence-corrected chi connectivity index (χ0v) is 12.6. The number of hydrogen-bond donors (Lipinski definition) is 2. The van der Waals surface area contributed by atoms with Crippen LogP contribution in [0.5, 0.6) is 0 Å². The molecule has 5 heteroatoms. The Labute approximate surface area is 129 Å². The van der Waals surface area contributed by atoms with Gasteiger partial charge in [-0.3, -0.25) is 0 Å². The van der Waals surface area contributed by atoms with E-state index in [-0.39, 0.29) is 5.82 Å². The number of nitrogens with one attached hydrogen (secondary N) is 1. The van der Waals surface area contributed by atoms with Crippen molar-refractivity contribution in [2.24, 2.45) is 0 Å². The van der Waals surface area contributed by atoms with Crippen LogP contribution in [0.3, 0.4) is 0 Å². The molecule has 0 radical (unpaired) electrons. The van der Waals surface area contributed by atoms with Crippen molar-refractivity contribution in [3.8, 4) is 0 Å². The maximum Gasteiger partial charge on any atom is 0.131 e. The van der Waals surface area contributed by atoms with Gasteiger partial charge in [0.15, 0.2) is 0 Å². The predicted molar refractivity (Wildman–Crippen MR) is 88.6 cm³/mol. The van der Waals surface area contributed by atoms with Crippen molar-refractivity contribution < 1.29 is 4.39 Å². The first kappa shape index (κ1) is 13.1. The molecule has 0 spiro atoms. The number of benzene rings is 2. The van der Waals surface area contributed by atoms with Crippen LogP contribution < -0.4 is 11.1 Å². The Bertz CT molecular complexity index is 789. The van der Waals surface area contributed by atoms with Gasteiger partial charge in [-0.2, -0.15) is 0 Å². The highest BCUT2D eigenvalue weighted by molar-refractivity contribution is 14.1. The minimum atomic E-state index is -0.248. The summed E-state index contributed by atoms with van der Waals surface area (Å²) in [5.41, 5.74) is 8.15. The fourth-order valence-corrected chi connectivity index (χ4v) is 2.55. The summed E-state index contributed by atoms with van der Waals surface area (Å²) in [4.78, 5) is 4.51. The molecule has 1 heterocycles. The first-order chi connectivity index (χ1) is 9.61. The Morgan fingerprint density at radius 1 is 1.05 bits per heavy atom. The molecule has 3 N–H and O–H groups in total. The van der Waals surface area contributed by atoms with Crippen molar-refractivity contribution in [1.29, 1.82) is 0 Å². The van der Waals surface area contributed by atoms with E-state index in [1.165, 1.54) is 12.1 Å². The van der Waals surface area contributed by atoms with Gasteiger partial charge in [-0.15, -0.1) is 0 Å². The summed E-state index contributed by atoms with van der Waals surface area (Å²) in [6.07, 6.45) is 0. The SMILES string of the molecule is Nc1ccc2nc(Nc3ccc(F)cc3I)ccc2c1. The number of rotatable bonds is 2. The molecule has 0 amide bonds. The number of pyridine rings is 1. The van der Waals surface area contributed by atoms with Crippen molar-refractivity contribution in [1.82, 2.24) is 4.98 Å². The van der Waals surface area contributed by atoms with Crippen LogP contribution in [0.25, 0.3) is 10.9 Å². The maximum atomic E-state index is 13.1. The third-order valence-electron chi connectivity index (χ3n) is 2.91. The summed E-state index contributed by atoms with van der Waals surface area (Å²) < 4.78 is 13.9. The van der Waals surface area contributed by atoms with E-state index in [2.05, 4.69) is 32.9 Å². The fraction of sp³-hybridized carbons (Fsp3) is 0. The second-order valence-electron chi connectivity index (χ2n) is 4.40. The molecule has 0 fully saturated rings. The summed E-state index contributed by atoms with van der Waals surface area (Å²) in [6, 6.07) is 14.0. The van der Waals surface area contributed by atoms with Gasteiger partial charge < -0.3 is 11.1 Å². The molecule has 3 rings (SSSR count). The zero-order chi connectivity index (χ0) is 14.1. The Balaban J connectivity index is 1.96. The molecule has 0 saturated carbocycles. The van der Waals surface area contributed by atoms with Crippen molar-refractivity contribution in [3.05, 3.63) is 57.9 Å². The van der Waals surface area contributed by atoms with E-state index >= 15 is 0 Å². The van der Waals surface area contributed by atoms with Gasteiger partial charge in [0.2, 0.25) is 0 Å². The van der Waals surface area contributed by atoms with Crippen molar-refractivity contribution in [2.75, 3.05) is 11.1 Å². The van der Waals surface area contributed by atoms with Crippen molar-refractivity contribution in [3.63, 3.8) is 0 Å². The Kier molecular flexibility index (Phi) is 3.43. The summed E-state index contributed by atoms with van der Waals surface area (Å²) >= 11 is 2.09. The van der Waals surface area contributed by atoms with E-state index in [1.54, 1.807) is 6.07 Å². The van der Waals surface area contributed by atoms with E-state index < -0.39 is 0 Å². The van der Waals surface area contributed by atoms with Gasteiger partial charge in [-0.1, -0.05) is 0 Å². The van der Waals surface area contributed by atoms with Gasteiger partial charge in [0, 0.05) is 14.6 Å². The van der Waals surface area contributed by atoms with Crippen LogP contribution in [0.2, 0.25) is 0 Å². The highest BCUT2D eigenvalue weighted by Gasteiger charge is 2.04. The topological polar surface area (TPSA) is 50.9 Å². The Hall–Kier alpha value is -1.89. The predicted octanol–water partition coefficient (Wildman–Crippen LogP) is 4.30. The lowest BCUT2D eigenvalue weighted by molar-refractivity contribution is 0.627. The smallest absolute Gasteiger partial charge is 0.131 e. The van der Waals surface area contributed by atoms with E-state index in [9.17, 15) is 4.39 Å². The number of fused-ring (bicyclic) bond motifs is 1. The Morgan fingerprint density at radius 3 is 2.70 bits per heavy atom. The van der Waals surface area contributed by atoms with Crippen molar-refractivity contribution >= 4 is 50.7 Å². The monoisotopic (exact) mass is 379 g/mol. The van der Waals surface area contributed by atoms with Crippen LogP contribution in [0.15, 0.2) is 48.5 Å². The molecule has 2 aromatic carbocycles. The van der Waals surface area contributed by atoms with Crippen LogP contribution in [0.1, 0.15) is 0 Å². The fourth-order valence-electron chi connectivity index (χ4n) is 1.94. The molecular weight excluding hydrogens is 368 g/mol. The molecule has 100 valence electrons. The number of aromatic nitrogens is 1. The van der Waals surface area contributed by atoms with Crippen LogP contribution in [-0.2, 0) is 0 Å². The number of anilines is 3. The van der Waals surface area contributed by atoms with Gasteiger partial charge >= 0.3 is 0 Å². The zero-order valence-electron chi connectivity index (χ0n) is 10.4. The molecule has 3 nitrogen and oxygen atoms in total. The van der Waals surface area contributed by atoms with Gasteiger partial charge in [0.25, 0.3) is 0 Å². The van der Waals surface area contributed by atoms with E-state index in [0.717, 1.165) is 20.2 Å². The van der Waals surface area contributed by atoms with E-state index in [0.29, 0.717) is 11.5 Å². The average molecular weight is 379 g/mol. The first-order valence-corrected chi connectivity index (χ1v) is 7.08. The molecule has 20 heavy (non-hydrogen) atoms. The second-order valence-corrected chi connectivity index (χ2v) is 5.56. The van der Waals surface area contributed by atoms with Crippen molar-refractivity contribution in [2.45, 2.75) is 0 Å². The van der Waals surface area contributed by atoms with Crippen LogP contribution in [0, 0.1) is 9.39 Å². The summed E-state index contributed by atoms with van der Waals surface area (Å²) in [5, 5.41) is 4.18. The molecule has 1 aromatic heterocycles.